The Bertz CT molecular complexity index is 1230. The third-order valence-electron chi connectivity index (χ3n) is 6.30. The maximum absolute atomic E-state index is 13.8. The number of carbonyl (C=O) groups excluding carboxylic acids is 2. The lowest BCUT2D eigenvalue weighted by molar-refractivity contribution is -0.766. The molecule has 3 N–H and O–H groups in total. The number of carbonyl (C=O) groups is 2. The summed E-state index contributed by atoms with van der Waals surface area (Å²) in [5.41, 5.74) is 6.18. The van der Waals surface area contributed by atoms with Crippen LogP contribution in [0.5, 0.6) is 0 Å². The Morgan fingerprint density at radius 2 is 1.80 bits per heavy atom. The fraction of sp³-hybridized carbons (Fsp3) is 0.519. The van der Waals surface area contributed by atoms with Crippen LogP contribution in [0.3, 0.4) is 0 Å². The molecule has 218 valence electrons. The molecule has 11 nitrogen and oxygen atoms in total. The van der Waals surface area contributed by atoms with E-state index in [1.165, 1.54) is 0 Å². The Hall–Kier alpha value is -2.15. The topological polar surface area (TPSA) is 139 Å². The van der Waals surface area contributed by atoms with Crippen LogP contribution in [0.25, 0.3) is 0 Å². The van der Waals surface area contributed by atoms with Crippen molar-refractivity contribution in [3.05, 3.63) is 66.0 Å². The van der Waals surface area contributed by atoms with E-state index in [-0.39, 0.29) is 24.9 Å². The first kappa shape index (κ1) is 30.8. The van der Waals surface area contributed by atoms with Crippen molar-refractivity contribution in [2.75, 3.05) is 19.0 Å². The zero-order valence-corrected chi connectivity index (χ0v) is 24.8. The number of hydrogen-bond donors (Lipinski definition) is 2. The number of fused-ring (bicyclic) bond motifs is 1. The zero-order valence-electron chi connectivity index (χ0n) is 23.1. The summed E-state index contributed by atoms with van der Waals surface area (Å²) in [4.78, 5) is 24.0. The molecular formula is C27H37N3O8PS+. The van der Waals surface area contributed by atoms with Gasteiger partial charge in [-0.15, -0.1) is 0 Å². The Morgan fingerprint density at radius 3 is 2.50 bits per heavy atom. The predicted molar refractivity (Wildman–Crippen MR) is 148 cm³/mol. The first-order valence-electron chi connectivity index (χ1n) is 13.1. The molecule has 0 spiro atoms. The fourth-order valence-corrected chi connectivity index (χ4v) is 6.47. The average Bonchev–Trinajstić information content (AvgIpc) is 3.46. The molecule has 4 rings (SSSR count). The van der Waals surface area contributed by atoms with Crippen LogP contribution < -0.4 is 15.4 Å². The van der Waals surface area contributed by atoms with Crippen LogP contribution in [0.2, 0.25) is 0 Å². The van der Waals surface area contributed by atoms with E-state index in [1.807, 2.05) is 51.1 Å². The standard InChI is InChI=1S/C27H36N3O8PS/c1-18-36-22-21(38-25(23(22)37-18)30-12-8-11-20(16-30)24(28)31)17-35-39(33,29-15-19-9-6-5-7-10-19)34-13-14-40-26(32)27(2,3)4/h5-12,16,18,21-23,25H,13-15,17H2,1-4H3,(H2-,28,29,31,33)/p+1. The number of aromatic nitrogens is 1. The van der Waals surface area contributed by atoms with Crippen molar-refractivity contribution < 1.29 is 42.0 Å². The van der Waals surface area contributed by atoms with Gasteiger partial charge < -0.3 is 19.9 Å². The second kappa shape index (κ2) is 13.2. The highest BCUT2D eigenvalue weighted by atomic mass is 32.2. The van der Waals surface area contributed by atoms with E-state index in [1.54, 1.807) is 36.0 Å². The number of primary amides is 1. The lowest BCUT2D eigenvalue weighted by Gasteiger charge is -2.23. The maximum atomic E-state index is 13.8. The van der Waals surface area contributed by atoms with Crippen molar-refractivity contribution in [1.29, 1.82) is 0 Å². The highest BCUT2D eigenvalue weighted by Gasteiger charge is 2.56. The molecule has 3 heterocycles. The molecule has 2 saturated heterocycles. The number of nitrogens with two attached hydrogens (primary N) is 1. The smallest absolute Gasteiger partial charge is 0.365 e. The van der Waals surface area contributed by atoms with Crippen LogP contribution >= 0.6 is 19.5 Å². The van der Waals surface area contributed by atoms with Crippen LogP contribution in [0.15, 0.2) is 54.9 Å². The molecule has 1 aromatic carbocycles. The minimum Gasteiger partial charge on any atom is -0.365 e. The van der Waals surface area contributed by atoms with Gasteiger partial charge in [-0.25, -0.2) is 9.65 Å². The van der Waals surface area contributed by atoms with Gasteiger partial charge in [-0.3, -0.25) is 18.6 Å². The molecule has 2 aliphatic rings. The molecule has 2 fully saturated rings. The first-order valence-corrected chi connectivity index (χ1v) is 15.6. The summed E-state index contributed by atoms with van der Waals surface area (Å²) in [5, 5.41) is 2.94. The molecule has 40 heavy (non-hydrogen) atoms. The fourth-order valence-electron chi connectivity index (χ4n) is 4.26. The first-order chi connectivity index (χ1) is 18.9. The summed E-state index contributed by atoms with van der Waals surface area (Å²) in [6, 6.07) is 12.8. The average molecular weight is 595 g/mol. The zero-order chi connectivity index (χ0) is 28.9. The number of rotatable bonds is 12. The third kappa shape index (κ3) is 7.98. The molecule has 2 aliphatic heterocycles. The van der Waals surface area contributed by atoms with Crippen molar-refractivity contribution in [1.82, 2.24) is 5.09 Å². The molecule has 2 aromatic rings. The van der Waals surface area contributed by atoms with Gasteiger partial charge in [-0.1, -0.05) is 62.9 Å². The van der Waals surface area contributed by atoms with E-state index >= 15 is 0 Å². The molecular weight excluding hydrogens is 557 g/mol. The summed E-state index contributed by atoms with van der Waals surface area (Å²) >= 11 is 1.13. The van der Waals surface area contributed by atoms with Gasteiger partial charge >= 0.3 is 7.75 Å². The maximum Gasteiger partial charge on any atom is 0.405 e. The Morgan fingerprint density at radius 1 is 1.07 bits per heavy atom. The minimum absolute atomic E-state index is 0.0194. The van der Waals surface area contributed by atoms with Gasteiger partial charge in [0.25, 0.3) is 12.1 Å². The number of ether oxygens (including phenoxy) is 3. The Kier molecular flexibility index (Phi) is 10.2. The third-order valence-corrected chi connectivity index (χ3v) is 9.10. The molecule has 0 radical (unpaired) electrons. The number of amides is 1. The summed E-state index contributed by atoms with van der Waals surface area (Å²) in [6.07, 6.45) is 0.584. The number of hydrogen-bond acceptors (Lipinski definition) is 9. The van der Waals surface area contributed by atoms with Crippen LogP contribution in [0.1, 0.15) is 49.8 Å². The van der Waals surface area contributed by atoms with Crippen LogP contribution in [0, 0.1) is 5.41 Å². The molecule has 0 bridgehead atoms. The van der Waals surface area contributed by atoms with Crippen molar-refractivity contribution in [3.63, 3.8) is 0 Å². The van der Waals surface area contributed by atoms with Crippen LogP contribution in [-0.4, -0.2) is 54.6 Å². The summed E-state index contributed by atoms with van der Waals surface area (Å²) < 4.78 is 45.2. The quantitative estimate of drug-likeness (QED) is 0.214. The normalized spacial score (nSPS) is 25.9. The van der Waals surface area contributed by atoms with Crippen molar-refractivity contribution in [2.24, 2.45) is 11.1 Å². The van der Waals surface area contributed by atoms with Gasteiger partial charge in [0.05, 0.1) is 13.2 Å². The largest absolute Gasteiger partial charge is 0.405 e. The number of thioether (sulfide) groups is 1. The number of nitrogens with one attached hydrogen (secondary N) is 1. The van der Waals surface area contributed by atoms with Gasteiger partial charge in [0.15, 0.2) is 29.9 Å². The molecule has 6 unspecified atom stereocenters. The number of pyridine rings is 1. The second-order valence-electron chi connectivity index (χ2n) is 10.6. The van der Waals surface area contributed by atoms with Gasteiger partial charge in [-0.05, 0) is 18.6 Å². The van der Waals surface area contributed by atoms with Gasteiger partial charge in [0, 0.05) is 23.8 Å². The van der Waals surface area contributed by atoms with E-state index < -0.39 is 49.9 Å². The lowest BCUT2D eigenvalue weighted by Crippen LogP contribution is -2.46. The molecule has 1 amide bonds. The van der Waals surface area contributed by atoms with Crippen LogP contribution in [0.4, 0.5) is 0 Å². The summed E-state index contributed by atoms with van der Waals surface area (Å²) in [5.74, 6) is -0.240. The van der Waals surface area contributed by atoms with Gasteiger partial charge in [0.1, 0.15) is 17.8 Å². The SMILES string of the molecule is CC1OC2C(COP(=O)(NCc3ccccc3)OCCSC(=O)C(C)(C)C)OC([n+]3cccc(C(N)=O)c3)C2O1. The lowest BCUT2D eigenvalue weighted by atomic mass is 10.00. The van der Waals surface area contributed by atoms with E-state index in [0.717, 1.165) is 17.3 Å². The molecule has 0 saturated carbocycles. The Labute approximate surface area is 238 Å². The monoisotopic (exact) mass is 594 g/mol. The number of benzene rings is 1. The van der Waals surface area contributed by atoms with E-state index in [9.17, 15) is 14.2 Å². The second-order valence-corrected chi connectivity index (χ2v) is 13.5. The summed E-state index contributed by atoms with van der Waals surface area (Å²) in [7, 11) is -3.82. The molecule has 1 aromatic heterocycles. The van der Waals surface area contributed by atoms with Gasteiger partial charge in [0.2, 0.25) is 0 Å². The Balaban J connectivity index is 1.44. The highest BCUT2D eigenvalue weighted by Crippen LogP contribution is 2.46. The van der Waals surface area contributed by atoms with E-state index in [4.69, 9.17) is 29.0 Å². The van der Waals surface area contributed by atoms with Crippen molar-refractivity contribution in [2.45, 2.75) is 65.1 Å². The van der Waals surface area contributed by atoms with Gasteiger partial charge in [-0.2, -0.15) is 4.57 Å². The summed E-state index contributed by atoms with van der Waals surface area (Å²) in [6.45, 7) is 7.49. The van der Waals surface area contributed by atoms with Crippen LogP contribution in [-0.2, 0) is 39.2 Å². The van der Waals surface area contributed by atoms with E-state index in [2.05, 4.69) is 5.09 Å². The van der Waals surface area contributed by atoms with Crippen molar-refractivity contribution in [3.8, 4) is 0 Å². The predicted octanol–water partition coefficient (Wildman–Crippen LogP) is 3.34. The number of nitrogens with zero attached hydrogens (tertiary/aromatic N) is 1. The molecule has 0 aliphatic carbocycles. The molecule has 6 atom stereocenters. The highest BCUT2D eigenvalue weighted by molar-refractivity contribution is 8.13. The van der Waals surface area contributed by atoms with Crippen molar-refractivity contribution >= 4 is 30.5 Å². The minimum atomic E-state index is -3.82. The molecule has 13 heteroatoms. The van der Waals surface area contributed by atoms with E-state index in [0.29, 0.717) is 11.3 Å².